The van der Waals surface area contributed by atoms with Crippen LogP contribution in [0.5, 0.6) is 0 Å². The summed E-state index contributed by atoms with van der Waals surface area (Å²) in [6.45, 7) is 0. The van der Waals surface area contributed by atoms with Gasteiger partial charge < -0.3 is 4.74 Å². The molecule has 1 aliphatic heterocycles. The molecule has 0 N–H and O–H groups in total. The van der Waals surface area contributed by atoms with Gasteiger partial charge in [0.25, 0.3) is 0 Å². The minimum atomic E-state index is -0.307. The Morgan fingerprint density at radius 1 is 0.552 bits per heavy atom. The van der Waals surface area contributed by atoms with Crippen LogP contribution in [-0.2, 0) is 4.74 Å². The van der Waals surface area contributed by atoms with Gasteiger partial charge in [0.1, 0.15) is 5.76 Å². The van der Waals surface area contributed by atoms with Gasteiger partial charge >= 0.3 is 5.97 Å². The Morgan fingerprint density at radius 2 is 1.03 bits per heavy atom. The van der Waals surface area contributed by atoms with E-state index in [0.717, 1.165) is 33.4 Å². The Hall–Kier alpha value is -3.91. The van der Waals surface area contributed by atoms with Crippen molar-refractivity contribution in [2.24, 2.45) is 0 Å². The third-order valence-electron chi connectivity index (χ3n) is 5.13. The lowest BCUT2D eigenvalue weighted by molar-refractivity contribution is 0.0718. The van der Waals surface area contributed by atoms with Crippen LogP contribution in [0.4, 0.5) is 0 Å². The number of cyclic esters (lactones) is 1. The van der Waals surface area contributed by atoms with Crippen molar-refractivity contribution in [2.45, 2.75) is 0 Å². The summed E-state index contributed by atoms with van der Waals surface area (Å²) >= 11 is 0. The monoisotopic (exact) mass is 374 g/mol. The molecule has 0 radical (unpaired) electrons. The summed E-state index contributed by atoms with van der Waals surface area (Å²) < 4.78 is 5.78. The maximum atomic E-state index is 13.0. The predicted octanol–water partition coefficient (Wildman–Crippen LogP) is 6.69. The molecule has 5 rings (SSSR count). The molecule has 0 saturated heterocycles. The standard InChI is InChI=1S/C27H18O2/c28-27-26-23(21-14-8-3-9-15-21)17-16-22(20-12-6-2-7-13-20)25(26)24(29-27)18-19-10-4-1-5-11-19/h1-18H/b24-18-. The van der Waals surface area contributed by atoms with Gasteiger partial charge in [-0.2, -0.15) is 0 Å². The first kappa shape index (κ1) is 17.2. The average Bonchev–Trinajstić information content (AvgIpc) is 3.11. The molecule has 2 nitrogen and oxygen atoms in total. The lowest BCUT2D eigenvalue weighted by atomic mass is 9.89. The largest absolute Gasteiger partial charge is 0.422 e. The molecule has 0 aliphatic carbocycles. The van der Waals surface area contributed by atoms with Crippen LogP contribution in [0.15, 0.2) is 103 Å². The van der Waals surface area contributed by atoms with Crippen LogP contribution in [0.2, 0.25) is 0 Å². The molecule has 4 aromatic rings. The summed E-state index contributed by atoms with van der Waals surface area (Å²) in [5.74, 6) is 0.284. The molecule has 0 amide bonds. The van der Waals surface area contributed by atoms with E-state index in [1.54, 1.807) is 0 Å². The first-order valence-corrected chi connectivity index (χ1v) is 9.58. The molecule has 138 valence electrons. The topological polar surface area (TPSA) is 26.3 Å². The number of esters is 1. The van der Waals surface area contributed by atoms with Crippen molar-refractivity contribution in [1.29, 1.82) is 0 Å². The van der Waals surface area contributed by atoms with E-state index < -0.39 is 0 Å². The zero-order valence-electron chi connectivity index (χ0n) is 15.7. The molecule has 0 spiro atoms. The van der Waals surface area contributed by atoms with Crippen molar-refractivity contribution < 1.29 is 9.53 Å². The lowest BCUT2D eigenvalue weighted by Gasteiger charge is -2.12. The number of ether oxygens (including phenoxy) is 1. The van der Waals surface area contributed by atoms with E-state index in [2.05, 4.69) is 18.2 Å². The summed E-state index contributed by atoms with van der Waals surface area (Å²) in [5, 5.41) is 0. The second-order valence-electron chi connectivity index (χ2n) is 6.95. The number of hydrogen-bond acceptors (Lipinski definition) is 2. The van der Waals surface area contributed by atoms with Gasteiger partial charge in [-0.25, -0.2) is 4.79 Å². The highest BCUT2D eigenvalue weighted by molar-refractivity contribution is 6.13. The molecule has 1 heterocycles. The maximum Gasteiger partial charge on any atom is 0.344 e. The molecule has 0 fully saturated rings. The van der Waals surface area contributed by atoms with Crippen molar-refractivity contribution in [2.75, 3.05) is 0 Å². The smallest absolute Gasteiger partial charge is 0.344 e. The van der Waals surface area contributed by atoms with Gasteiger partial charge in [0.15, 0.2) is 0 Å². The van der Waals surface area contributed by atoms with Crippen LogP contribution in [-0.4, -0.2) is 5.97 Å². The Morgan fingerprint density at radius 3 is 1.59 bits per heavy atom. The van der Waals surface area contributed by atoms with Crippen molar-refractivity contribution in [3.63, 3.8) is 0 Å². The zero-order valence-corrected chi connectivity index (χ0v) is 15.7. The molecule has 0 atom stereocenters. The first-order valence-electron chi connectivity index (χ1n) is 9.58. The maximum absolute atomic E-state index is 13.0. The van der Waals surface area contributed by atoms with Crippen molar-refractivity contribution in [1.82, 2.24) is 0 Å². The molecular formula is C27H18O2. The highest BCUT2D eigenvalue weighted by Gasteiger charge is 2.32. The van der Waals surface area contributed by atoms with Gasteiger partial charge in [-0.05, 0) is 33.9 Å². The first-order chi connectivity index (χ1) is 14.3. The molecule has 29 heavy (non-hydrogen) atoms. The third-order valence-corrected chi connectivity index (χ3v) is 5.13. The Labute approximate surface area is 169 Å². The van der Waals surface area contributed by atoms with Gasteiger partial charge in [0.05, 0.1) is 5.56 Å². The Balaban J connectivity index is 1.78. The number of carbonyl (C=O) groups is 1. The number of benzene rings is 4. The Bertz CT molecular complexity index is 1210. The molecule has 2 heteroatoms. The highest BCUT2D eigenvalue weighted by Crippen LogP contribution is 2.43. The van der Waals surface area contributed by atoms with Crippen LogP contribution in [0.3, 0.4) is 0 Å². The SMILES string of the molecule is O=C1O/C(=C\c2ccccc2)c2c(-c3ccccc3)ccc(-c3ccccc3)c21. The molecule has 1 aliphatic rings. The molecule has 4 aromatic carbocycles. The molecule has 0 saturated carbocycles. The fraction of sp³-hybridized carbons (Fsp3) is 0. The minimum absolute atomic E-state index is 0.307. The average molecular weight is 374 g/mol. The van der Waals surface area contributed by atoms with Crippen molar-refractivity contribution in [3.8, 4) is 22.3 Å². The normalized spacial score (nSPS) is 13.9. The summed E-state index contributed by atoms with van der Waals surface area (Å²) in [7, 11) is 0. The summed E-state index contributed by atoms with van der Waals surface area (Å²) in [6.07, 6.45) is 1.94. The minimum Gasteiger partial charge on any atom is -0.422 e. The van der Waals surface area contributed by atoms with Crippen molar-refractivity contribution in [3.05, 3.63) is 120 Å². The van der Waals surface area contributed by atoms with E-state index in [4.69, 9.17) is 4.74 Å². The molecule has 0 aromatic heterocycles. The van der Waals surface area contributed by atoms with Gasteiger partial charge in [-0.1, -0.05) is 103 Å². The van der Waals surface area contributed by atoms with Gasteiger partial charge in [-0.15, -0.1) is 0 Å². The summed E-state index contributed by atoms with van der Waals surface area (Å²) in [4.78, 5) is 13.0. The van der Waals surface area contributed by atoms with Crippen LogP contribution in [0.1, 0.15) is 21.5 Å². The van der Waals surface area contributed by atoms with Crippen LogP contribution in [0.25, 0.3) is 34.1 Å². The predicted molar refractivity (Wildman–Crippen MR) is 117 cm³/mol. The fourth-order valence-electron chi connectivity index (χ4n) is 3.79. The van der Waals surface area contributed by atoms with E-state index in [0.29, 0.717) is 11.3 Å². The van der Waals surface area contributed by atoms with Crippen LogP contribution < -0.4 is 0 Å². The van der Waals surface area contributed by atoms with Crippen LogP contribution >= 0.6 is 0 Å². The highest BCUT2D eigenvalue weighted by atomic mass is 16.5. The Kier molecular flexibility index (Phi) is 4.30. The lowest BCUT2D eigenvalue weighted by Crippen LogP contribution is -1.98. The molecular weight excluding hydrogens is 356 g/mol. The third kappa shape index (κ3) is 3.15. The summed E-state index contributed by atoms with van der Waals surface area (Å²) in [6, 6.07) is 34.1. The van der Waals surface area contributed by atoms with Crippen molar-refractivity contribution >= 4 is 17.8 Å². The zero-order chi connectivity index (χ0) is 19.6. The number of rotatable bonds is 3. The fourth-order valence-corrected chi connectivity index (χ4v) is 3.79. The second kappa shape index (κ2) is 7.25. The molecule has 0 bridgehead atoms. The van der Waals surface area contributed by atoms with E-state index in [1.165, 1.54) is 0 Å². The number of fused-ring (bicyclic) bond motifs is 1. The van der Waals surface area contributed by atoms with E-state index in [9.17, 15) is 4.79 Å². The number of carbonyl (C=O) groups excluding carboxylic acids is 1. The van der Waals surface area contributed by atoms with E-state index in [1.807, 2.05) is 91.0 Å². The van der Waals surface area contributed by atoms with Gasteiger partial charge in [-0.3, -0.25) is 0 Å². The summed E-state index contributed by atoms with van der Waals surface area (Å²) in [5.41, 5.74) is 6.41. The van der Waals surface area contributed by atoms with Gasteiger partial charge in [0.2, 0.25) is 0 Å². The van der Waals surface area contributed by atoms with Crippen LogP contribution in [0, 0.1) is 0 Å². The number of hydrogen-bond donors (Lipinski definition) is 0. The quantitative estimate of drug-likeness (QED) is 0.373. The van der Waals surface area contributed by atoms with E-state index >= 15 is 0 Å². The van der Waals surface area contributed by atoms with Gasteiger partial charge in [0, 0.05) is 5.56 Å². The second-order valence-corrected chi connectivity index (χ2v) is 6.95. The van der Waals surface area contributed by atoms with E-state index in [-0.39, 0.29) is 5.97 Å². The molecule has 0 unspecified atom stereocenters.